The number of fused-ring (bicyclic) bond motifs is 3. The van der Waals surface area contributed by atoms with Gasteiger partial charge < -0.3 is 9.53 Å². The van der Waals surface area contributed by atoms with E-state index in [-0.39, 0.29) is 11.4 Å². The molecule has 3 nitrogen and oxygen atoms in total. The maximum Gasteiger partial charge on any atom is 0.302 e. The van der Waals surface area contributed by atoms with E-state index in [2.05, 4.69) is 13.8 Å². The lowest BCUT2D eigenvalue weighted by atomic mass is 9.41. The van der Waals surface area contributed by atoms with Gasteiger partial charge in [-0.25, -0.2) is 0 Å². The Hall–Kier alpha value is -0.860. The molecule has 0 radical (unpaired) electrons. The quantitative estimate of drug-likeness (QED) is 0.546. The fourth-order valence-corrected chi connectivity index (χ4v) is 8.20. The molecular formula is C22H34O3. The highest BCUT2D eigenvalue weighted by atomic mass is 16.5. The van der Waals surface area contributed by atoms with Crippen molar-refractivity contribution in [3.05, 3.63) is 0 Å². The van der Waals surface area contributed by atoms with Crippen molar-refractivity contribution in [2.75, 3.05) is 6.61 Å². The van der Waals surface area contributed by atoms with E-state index >= 15 is 0 Å². The zero-order valence-electron chi connectivity index (χ0n) is 16.2. The molecule has 3 heteroatoms. The molecule has 0 amide bonds. The van der Waals surface area contributed by atoms with Gasteiger partial charge in [-0.1, -0.05) is 20.3 Å². The van der Waals surface area contributed by atoms with Gasteiger partial charge in [0.1, 0.15) is 6.29 Å². The summed E-state index contributed by atoms with van der Waals surface area (Å²) in [5.74, 6) is 2.50. The zero-order valence-corrected chi connectivity index (χ0v) is 16.2. The fraction of sp³-hybridized carbons (Fsp3) is 0.909. The van der Waals surface area contributed by atoms with Gasteiger partial charge in [-0.15, -0.1) is 0 Å². The minimum atomic E-state index is -0.139. The van der Waals surface area contributed by atoms with Gasteiger partial charge in [0.25, 0.3) is 0 Å². The molecule has 25 heavy (non-hydrogen) atoms. The smallest absolute Gasteiger partial charge is 0.302 e. The Kier molecular flexibility index (Phi) is 4.09. The third-order valence-electron chi connectivity index (χ3n) is 9.09. The Labute approximate surface area is 152 Å². The Morgan fingerprint density at radius 3 is 2.60 bits per heavy atom. The van der Waals surface area contributed by atoms with Gasteiger partial charge in [-0.2, -0.15) is 0 Å². The first-order valence-corrected chi connectivity index (χ1v) is 10.4. The molecule has 0 aromatic rings. The highest BCUT2D eigenvalue weighted by Crippen LogP contribution is 2.72. The van der Waals surface area contributed by atoms with Gasteiger partial charge in [0.15, 0.2) is 0 Å². The van der Waals surface area contributed by atoms with Crippen molar-refractivity contribution in [3.8, 4) is 0 Å². The number of rotatable bonds is 3. The molecule has 2 bridgehead atoms. The van der Waals surface area contributed by atoms with E-state index in [1.165, 1.54) is 64.6 Å². The van der Waals surface area contributed by atoms with E-state index in [1.54, 1.807) is 0 Å². The molecule has 1 spiro atoms. The van der Waals surface area contributed by atoms with Crippen molar-refractivity contribution in [2.45, 2.75) is 78.6 Å². The van der Waals surface area contributed by atoms with Gasteiger partial charge in [0, 0.05) is 12.3 Å². The highest BCUT2D eigenvalue weighted by molar-refractivity contribution is 5.65. The summed E-state index contributed by atoms with van der Waals surface area (Å²) < 4.78 is 5.41. The Morgan fingerprint density at radius 2 is 1.88 bits per heavy atom. The van der Waals surface area contributed by atoms with E-state index in [0.717, 1.165) is 18.3 Å². The lowest BCUT2D eigenvalue weighted by Crippen LogP contribution is -2.56. The van der Waals surface area contributed by atoms with Crippen LogP contribution in [0.1, 0.15) is 78.6 Å². The molecule has 0 aromatic heterocycles. The Balaban J connectivity index is 1.60. The van der Waals surface area contributed by atoms with Gasteiger partial charge in [0.05, 0.1) is 6.61 Å². The van der Waals surface area contributed by atoms with Crippen LogP contribution in [0.15, 0.2) is 0 Å². The molecule has 0 saturated heterocycles. The second-order valence-electron chi connectivity index (χ2n) is 10.3. The fourth-order valence-electron chi connectivity index (χ4n) is 8.20. The summed E-state index contributed by atoms with van der Waals surface area (Å²) in [6.45, 7) is 6.89. The average molecular weight is 347 g/mol. The van der Waals surface area contributed by atoms with E-state index in [1.807, 2.05) is 0 Å². The van der Waals surface area contributed by atoms with Gasteiger partial charge in [0.2, 0.25) is 0 Å². The number of carbonyl (C=O) groups excluding carboxylic acids is 2. The standard InChI is InChI=1S/C22H34O3/c1-15(24)25-13-17-12-22-10-7-18-20(2,14-23)8-4-9-21(18,3)19(22)6-5-16(17)11-22/h14,16-19H,4-13H2,1-3H3/t16-,17-,18+,19-,20-,21+,22-/m0/s1. The number of hydrogen-bond donors (Lipinski definition) is 0. The third-order valence-corrected chi connectivity index (χ3v) is 9.09. The van der Waals surface area contributed by atoms with Crippen LogP contribution in [0.25, 0.3) is 0 Å². The molecule has 0 N–H and O–H groups in total. The van der Waals surface area contributed by atoms with Crippen LogP contribution in [0.4, 0.5) is 0 Å². The van der Waals surface area contributed by atoms with Crippen molar-refractivity contribution in [1.82, 2.24) is 0 Å². The molecule has 4 fully saturated rings. The van der Waals surface area contributed by atoms with Crippen molar-refractivity contribution in [1.29, 1.82) is 0 Å². The van der Waals surface area contributed by atoms with Crippen LogP contribution in [0.5, 0.6) is 0 Å². The normalized spacial score (nSPS) is 51.3. The molecule has 7 atom stereocenters. The van der Waals surface area contributed by atoms with E-state index in [9.17, 15) is 9.59 Å². The summed E-state index contributed by atoms with van der Waals surface area (Å²) >= 11 is 0. The number of esters is 1. The molecular weight excluding hydrogens is 312 g/mol. The van der Waals surface area contributed by atoms with Crippen molar-refractivity contribution < 1.29 is 14.3 Å². The molecule has 4 rings (SSSR count). The van der Waals surface area contributed by atoms with Crippen molar-refractivity contribution in [3.63, 3.8) is 0 Å². The predicted octanol–water partition coefficient (Wildman–Crippen LogP) is 4.78. The number of aldehydes is 1. The largest absolute Gasteiger partial charge is 0.466 e. The zero-order chi connectivity index (χ0) is 17.9. The van der Waals surface area contributed by atoms with Gasteiger partial charge in [-0.3, -0.25) is 4.79 Å². The number of ether oxygens (including phenoxy) is 1. The predicted molar refractivity (Wildman–Crippen MR) is 96.9 cm³/mol. The minimum absolute atomic E-state index is 0.110. The molecule has 0 heterocycles. The van der Waals surface area contributed by atoms with Gasteiger partial charge in [-0.05, 0) is 85.9 Å². The maximum absolute atomic E-state index is 11.9. The van der Waals surface area contributed by atoms with Crippen LogP contribution >= 0.6 is 0 Å². The second kappa shape index (κ2) is 5.82. The van der Waals surface area contributed by atoms with Crippen LogP contribution in [-0.4, -0.2) is 18.9 Å². The Morgan fingerprint density at radius 1 is 1.08 bits per heavy atom. The highest BCUT2D eigenvalue weighted by Gasteiger charge is 2.64. The number of carbonyl (C=O) groups is 2. The van der Waals surface area contributed by atoms with Crippen LogP contribution in [0.3, 0.4) is 0 Å². The summed E-state index contributed by atoms with van der Waals surface area (Å²) in [7, 11) is 0. The minimum Gasteiger partial charge on any atom is -0.466 e. The van der Waals surface area contributed by atoms with Crippen LogP contribution in [0, 0.1) is 39.9 Å². The molecule has 4 saturated carbocycles. The van der Waals surface area contributed by atoms with Crippen LogP contribution < -0.4 is 0 Å². The lowest BCUT2D eigenvalue weighted by Gasteiger charge is -2.63. The molecule has 140 valence electrons. The Bertz CT molecular complexity index is 572. The monoisotopic (exact) mass is 346 g/mol. The van der Waals surface area contributed by atoms with E-state index in [4.69, 9.17) is 4.74 Å². The van der Waals surface area contributed by atoms with E-state index in [0.29, 0.717) is 29.3 Å². The SMILES string of the molecule is CC(=O)OC[C@@H]1C[C@@]23CC[C@H]4[C@@](C)(CCC[C@@]4(C)C=O)[C@@H]2CC[C@H]1C3. The molecule has 4 aliphatic carbocycles. The molecule has 0 aliphatic heterocycles. The molecule has 4 aliphatic rings. The first-order valence-electron chi connectivity index (χ1n) is 10.4. The molecule has 0 aromatic carbocycles. The summed E-state index contributed by atoms with van der Waals surface area (Å²) in [5.41, 5.74) is 0.675. The summed E-state index contributed by atoms with van der Waals surface area (Å²) in [5, 5.41) is 0. The lowest BCUT2D eigenvalue weighted by molar-refractivity contribution is -0.157. The summed E-state index contributed by atoms with van der Waals surface area (Å²) in [6.07, 6.45) is 12.6. The third kappa shape index (κ3) is 2.51. The van der Waals surface area contributed by atoms with Crippen LogP contribution in [0.2, 0.25) is 0 Å². The summed E-state index contributed by atoms with van der Waals surface area (Å²) in [4.78, 5) is 23.2. The first kappa shape index (κ1) is 17.5. The van der Waals surface area contributed by atoms with Gasteiger partial charge >= 0.3 is 5.97 Å². The summed E-state index contributed by atoms with van der Waals surface area (Å²) in [6, 6.07) is 0. The average Bonchev–Trinajstić information content (AvgIpc) is 2.83. The number of hydrogen-bond acceptors (Lipinski definition) is 3. The van der Waals surface area contributed by atoms with Crippen molar-refractivity contribution in [2.24, 2.45) is 39.9 Å². The second-order valence-corrected chi connectivity index (χ2v) is 10.3. The van der Waals surface area contributed by atoms with Crippen LogP contribution in [-0.2, 0) is 14.3 Å². The van der Waals surface area contributed by atoms with Crippen molar-refractivity contribution >= 4 is 12.3 Å². The van der Waals surface area contributed by atoms with E-state index < -0.39 is 0 Å². The first-order chi connectivity index (χ1) is 11.8. The molecule has 0 unspecified atom stereocenters. The topological polar surface area (TPSA) is 43.4 Å². The maximum atomic E-state index is 11.9.